The Hall–Kier alpha value is -2.16. The van der Waals surface area contributed by atoms with Gasteiger partial charge in [-0.05, 0) is 43.5 Å². The van der Waals surface area contributed by atoms with Crippen LogP contribution < -0.4 is 0 Å². The molecule has 0 spiro atoms. The standard InChI is InChI=1S/C18H18N2O2S/c1-14-7-9-16(10-8-14)18-6-3-11-20(18)23(21,22)17-5-2-4-15(12-17)13-19/h2,4-5,7-10,12,18H,3,6,11H2,1H3. The van der Waals surface area contributed by atoms with Gasteiger partial charge in [0.2, 0.25) is 10.0 Å². The molecule has 5 heteroatoms. The molecule has 0 aliphatic carbocycles. The molecule has 0 aromatic heterocycles. The number of nitrogens with zero attached hydrogens (tertiary/aromatic N) is 2. The molecule has 23 heavy (non-hydrogen) atoms. The Morgan fingerprint density at radius 1 is 1.17 bits per heavy atom. The molecule has 1 unspecified atom stereocenters. The van der Waals surface area contributed by atoms with Crippen molar-refractivity contribution in [3.05, 3.63) is 65.2 Å². The minimum atomic E-state index is -3.60. The van der Waals surface area contributed by atoms with E-state index in [1.54, 1.807) is 22.5 Å². The maximum absolute atomic E-state index is 13.0. The van der Waals surface area contributed by atoms with E-state index in [1.807, 2.05) is 37.3 Å². The number of aryl methyl sites for hydroxylation is 1. The lowest BCUT2D eigenvalue weighted by Gasteiger charge is -2.24. The maximum atomic E-state index is 13.0. The number of nitriles is 1. The molecule has 0 saturated carbocycles. The van der Waals surface area contributed by atoms with Gasteiger partial charge < -0.3 is 0 Å². The molecule has 1 saturated heterocycles. The predicted octanol–water partition coefficient (Wildman–Crippen LogP) is 3.39. The van der Waals surface area contributed by atoms with E-state index in [9.17, 15) is 8.42 Å². The van der Waals surface area contributed by atoms with E-state index in [0.29, 0.717) is 12.1 Å². The minimum Gasteiger partial charge on any atom is -0.207 e. The van der Waals surface area contributed by atoms with Crippen LogP contribution in [0.5, 0.6) is 0 Å². The second-order valence-corrected chi connectivity index (χ2v) is 7.71. The Kier molecular flexibility index (Phi) is 4.20. The van der Waals surface area contributed by atoms with Gasteiger partial charge in [-0.3, -0.25) is 0 Å². The van der Waals surface area contributed by atoms with Crippen molar-refractivity contribution in [2.75, 3.05) is 6.54 Å². The average Bonchev–Trinajstić information content (AvgIpc) is 3.06. The second-order valence-electron chi connectivity index (χ2n) is 5.82. The van der Waals surface area contributed by atoms with Crippen molar-refractivity contribution in [1.29, 1.82) is 5.26 Å². The molecule has 2 aromatic carbocycles. The number of sulfonamides is 1. The summed E-state index contributed by atoms with van der Waals surface area (Å²) in [6.45, 7) is 2.53. The van der Waals surface area contributed by atoms with Crippen molar-refractivity contribution in [3.8, 4) is 6.07 Å². The molecule has 1 atom stereocenters. The first-order valence-electron chi connectivity index (χ1n) is 7.61. The normalized spacial score (nSPS) is 18.7. The van der Waals surface area contributed by atoms with E-state index in [4.69, 9.17) is 5.26 Å². The molecule has 2 aromatic rings. The fourth-order valence-electron chi connectivity index (χ4n) is 3.01. The van der Waals surface area contributed by atoms with Gasteiger partial charge in [0, 0.05) is 6.54 Å². The van der Waals surface area contributed by atoms with E-state index in [2.05, 4.69) is 0 Å². The molecule has 4 nitrogen and oxygen atoms in total. The Labute approximate surface area is 137 Å². The highest BCUT2D eigenvalue weighted by atomic mass is 32.2. The maximum Gasteiger partial charge on any atom is 0.243 e. The van der Waals surface area contributed by atoms with Crippen molar-refractivity contribution >= 4 is 10.0 Å². The zero-order chi connectivity index (χ0) is 16.4. The molecule has 0 bridgehead atoms. The molecule has 0 amide bonds. The van der Waals surface area contributed by atoms with Crippen LogP contribution in [0.2, 0.25) is 0 Å². The predicted molar refractivity (Wildman–Crippen MR) is 88.2 cm³/mol. The van der Waals surface area contributed by atoms with Crippen LogP contribution in [0.3, 0.4) is 0 Å². The van der Waals surface area contributed by atoms with Gasteiger partial charge in [-0.1, -0.05) is 35.9 Å². The fourth-order valence-corrected chi connectivity index (χ4v) is 4.74. The third kappa shape index (κ3) is 3.00. The highest BCUT2D eigenvalue weighted by Crippen LogP contribution is 2.36. The van der Waals surface area contributed by atoms with Crippen LogP contribution in [-0.2, 0) is 10.0 Å². The third-order valence-corrected chi connectivity index (χ3v) is 6.14. The average molecular weight is 326 g/mol. The van der Waals surface area contributed by atoms with Crippen molar-refractivity contribution in [2.24, 2.45) is 0 Å². The van der Waals surface area contributed by atoms with Crippen molar-refractivity contribution in [2.45, 2.75) is 30.7 Å². The van der Waals surface area contributed by atoms with Gasteiger partial charge in [0.1, 0.15) is 0 Å². The van der Waals surface area contributed by atoms with Crippen LogP contribution in [0.4, 0.5) is 0 Å². The molecule has 0 radical (unpaired) electrons. The molecular weight excluding hydrogens is 308 g/mol. The summed E-state index contributed by atoms with van der Waals surface area (Å²) in [6.07, 6.45) is 1.66. The van der Waals surface area contributed by atoms with Gasteiger partial charge in [-0.15, -0.1) is 0 Å². The van der Waals surface area contributed by atoms with Gasteiger partial charge in [-0.2, -0.15) is 9.57 Å². The molecule has 3 rings (SSSR count). The summed E-state index contributed by atoms with van der Waals surface area (Å²) in [4.78, 5) is 0.190. The lowest BCUT2D eigenvalue weighted by molar-refractivity contribution is 0.396. The number of hydrogen-bond acceptors (Lipinski definition) is 3. The summed E-state index contributed by atoms with van der Waals surface area (Å²) < 4.78 is 27.5. The monoisotopic (exact) mass is 326 g/mol. The van der Waals surface area contributed by atoms with Gasteiger partial charge >= 0.3 is 0 Å². The van der Waals surface area contributed by atoms with Gasteiger partial charge in [0.05, 0.1) is 22.6 Å². The highest BCUT2D eigenvalue weighted by molar-refractivity contribution is 7.89. The van der Waals surface area contributed by atoms with Crippen molar-refractivity contribution < 1.29 is 8.42 Å². The van der Waals surface area contributed by atoms with Gasteiger partial charge in [0.25, 0.3) is 0 Å². The summed E-state index contributed by atoms with van der Waals surface area (Å²) in [5.74, 6) is 0. The number of benzene rings is 2. The SMILES string of the molecule is Cc1ccc(C2CCCN2S(=O)(=O)c2cccc(C#N)c2)cc1. The number of hydrogen-bond donors (Lipinski definition) is 0. The summed E-state index contributed by atoms with van der Waals surface area (Å²) in [5.41, 5.74) is 2.54. The summed E-state index contributed by atoms with van der Waals surface area (Å²) >= 11 is 0. The zero-order valence-electron chi connectivity index (χ0n) is 12.9. The molecule has 1 heterocycles. The van der Waals surface area contributed by atoms with Crippen LogP contribution in [0, 0.1) is 18.3 Å². The van der Waals surface area contributed by atoms with Crippen molar-refractivity contribution in [3.63, 3.8) is 0 Å². The first-order valence-corrected chi connectivity index (χ1v) is 9.05. The van der Waals surface area contributed by atoms with Crippen molar-refractivity contribution in [1.82, 2.24) is 4.31 Å². The highest BCUT2D eigenvalue weighted by Gasteiger charge is 2.36. The first kappa shape index (κ1) is 15.7. The molecule has 1 aliphatic heterocycles. The van der Waals surface area contributed by atoms with E-state index in [-0.39, 0.29) is 10.9 Å². The number of rotatable bonds is 3. The molecule has 1 aliphatic rings. The van der Waals surface area contributed by atoms with E-state index in [1.165, 1.54) is 6.07 Å². The molecule has 118 valence electrons. The lowest BCUT2D eigenvalue weighted by Crippen LogP contribution is -2.30. The smallest absolute Gasteiger partial charge is 0.207 e. The third-order valence-electron chi connectivity index (χ3n) is 4.24. The van der Waals surface area contributed by atoms with E-state index < -0.39 is 10.0 Å². The second kappa shape index (κ2) is 6.15. The van der Waals surface area contributed by atoms with Gasteiger partial charge in [0.15, 0.2) is 0 Å². The Morgan fingerprint density at radius 2 is 1.91 bits per heavy atom. The Bertz CT molecular complexity index is 851. The quantitative estimate of drug-likeness (QED) is 0.868. The molecular formula is C18H18N2O2S. The largest absolute Gasteiger partial charge is 0.243 e. The Morgan fingerprint density at radius 3 is 2.61 bits per heavy atom. The van der Waals surface area contributed by atoms with Crippen LogP contribution in [0.15, 0.2) is 53.4 Å². The lowest BCUT2D eigenvalue weighted by atomic mass is 10.0. The topological polar surface area (TPSA) is 61.2 Å². The van der Waals surface area contributed by atoms with Crippen LogP contribution in [0.1, 0.15) is 35.6 Å². The Balaban J connectivity index is 1.98. The van der Waals surface area contributed by atoms with Crippen LogP contribution in [-0.4, -0.2) is 19.3 Å². The van der Waals surface area contributed by atoms with E-state index >= 15 is 0 Å². The molecule has 1 fully saturated rings. The first-order chi connectivity index (χ1) is 11.0. The minimum absolute atomic E-state index is 0.133. The summed E-state index contributed by atoms with van der Waals surface area (Å²) in [6, 6.07) is 16.1. The molecule has 0 N–H and O–H groups in total. The summed E-state index contributed by atoms with van der Waals surface area (Å²) in [7, 11) is -3.60. The van der Waals surface area contributed by atoms with Crippen LogP contribution in [0.25, 0.3) is 0 Å². The van der Waals surface area contributed by atoms with E-state index in [0.717, 1.165) is 24.0 Å². The fraction of sp³-hybridized carbons (Fsp3) is 0.278. The zero-order valence-corrected chi connectivity index (χ0v) is 13.8. The summed E-state index contributed by atoms with van der Waals surface area (Å²) in [5, 5.41) is 8.99. The van der Waals surface area contributed by atoms with Gasteiger partial charge in [-0.25, -0.2) is 8.42 Å². The van der Waals surface area contributed by atoms with Crippen LogP contribution >= 0.6 is 0 Å².